The minimum atomic E-state index is -0.181. The van der Waals surface area contributed by atoms with Crippen LogP contribution < -0.4 is 0 Å². The fraction of sp³-hybridized carbons (Fsp3) is 0.0625. The Kier molecular flexibility index (Phi) is 6.53. The Labute approximate surface area is 297 Å². The summed E-state index contributed by atoms with van der Waals surface area (Å²) in [6.45, 7) is 4.77. The van der Waals surface area contributed by atoms with Gasteiger partial charge in [0, 0.05) is 39.9 Å². The molecule has 0 atom stereocenters. The van der Waals surface area contributed by atoms with E-state index in [1.807, 2.05) is 24.5 Å². The Morgan fingerprint density at radius 3 is 1.86 bits per heavy atom. The summed E-state index contributed by atoms with van der Waals surface area (Å²) in [5, 5.41) is 7.17. The highest BCUT2D eigenvalue weighted by molar-refractivity contribution is 6.07. The summed E-state index contributed by atoms with van der Waals surface area (Å²) in [6, 6.07) is 54.4. The van der Waals surface area contributed by atoms with Crippen LogP contribution in [-0.2, 0) is 5.41 Å². The van der Waals surface area contributed by atoms with Crippen LogP contribution in [-0.4, -0.2) is 15.0 Å². The van der Waals surface area contributed by atoms with Gasteiger partial charge in [-0.25, -0.2) is 9.97 Å². The number of rotatable bonds is 4. The Morgan fingerprint density at radius 1 is 0.412 bits per heavy atom. The summed E-state index contributed by atoms with van der Waals surface area (Å²) in [4.78, 5) is 14.9. The maximum atomic E-state index is 5.26. The van der Waals surface area contributed by atoms with E-state index in [0.29, 0.717) is 5.82 Å². The van der Waals surface area contributed by atoms with E-state index in [2.05, 4.69) is 158 Å². The lowest BCUT2D eigenvalue weighted by molar-refractivity contribution is 0.668. The molecule has 1 aliphatic rings. The molecule has 2 aromatic heterocycles. The van der Waals surface area contributed by atoms with Gasteiger partial charge in [-0.05, 0) is 84.6 Å². The van der Waals surface area contributed by atoms with Crippen molar-refractivity contribution in [2.75, 3.05) is 0 Å². The lowest BCUT2D eigenvalue weighted by atomic mass is 9.77. The number of pyridine rings is 1. The van der Waals surface area contributed by atoms with Gasteiger partial charge in [-0.2, -0.15) is 0 Å². The number of aromatic nitrogens is 3. The summed E-state index contributed by atoms with van der Waals surface area (Å²) in [6.07, 6.45) is 3.74. The zero-order valence-corrected chi connectivity index (χ0v) is 28.4. The van der Waals surface area contributed by atoms with Gasteiger partial charge in [0.1, 0.15) is 0 Å². The van der Waals surface area contributed by atoms with Gasteiger partial charge in [0.2, 0.25) is 0 Å². The van der Waals surface area contributed by atoms with Gasteiger partial charge in [0.05, 0.1) is 11.4 Å². The van der Waals surface area contributed by atoms with Crippen molar-refractivity contribution in [2.24, 2.45) is 0 Å². The Balaban J connectivity index is 1.17. The molecule has 0 fully saturated rings. The van der Waals surface area contributed by atoms with Crippen LogP contribution in [0, 0.1) is 0 Å². The molecule has 0 N–H and O–H groups in total. The third-order valence-electron chi connectivity index (χ3n) is 10.7. The van der Waals surface area contributed by atoms with Crippen LogP contribution in [0.25, 0.3) is 88.5 Å². The molecular formula is C48H33N3. The molecule has 7 aromatic carbocycles. The zero-order chi connectivity index (χ0) is 34.1. The summed E-state index contributed by atoms with van der Waals surface area (Å²) in [5.74, 6) is 0.706. The highest BCUT2D eigenvalue weighted by Crippen LogP contribution is 2.55. The lowest BCUT2D eigenvalue weighted by Gasteiger charge is -2.26. The van der Waals surface area contributed by atoms with Crippen LogP contribution in [0.2, 0.25) is 0 Å². The molecule has 3 nitrogen and oxygen atoms in total. The fourth-order valence-electron chi connectivity index (χ4n) is 8.41. The largest absolute Gasteiger partial charge is 0.264 e. The summed E-state index contributed by atoms with van der Waals surface area (Å²) < 4.78 is 0. The second kappa shape index (κ2) is 11.3. The summed E-state index contributed by atoms with van der Waals surface area (Å²) in [5.41, 5.74) is 12.6. The van der Waals surface area contributed by atoms with Crippen molar-refractivity contribution in [3.63, 3.8) is 0 Å². The van der Waals surface area contributed by atoms with E-state index in [1.165, 1.54) is 49.5 Å². The van der Waals surface area contributed by atoms with E-state index in [9.17, 15) is 0 Å². The fourth-order valence-corrected chi connectivity index (χ4v) is 8.41. The molecule has 240 valence electrons. The van der Waals surface area contributed by atoms with Crippen molar-refractivity contribution < 1.29 is 0 Å². The van der Waals surface area contributed by atoms with Crippen LogP contribution in [0.5, 0.6) is 0 Å². The van der Waals surface area contributed by atoms with Gasteiger partial charge in [0.25, 0.3) is 0 Å². The number of benzene rings is 7. The Hall–Kier alpha value is -6.45. The van der Waals surface area contributed by atoms with E-state index >= 15 is 0 Å². The van der Waals surface area contributed by atoms with Crippen molar-refractivity contribution in [1.82, 2.24) is 15.0 Å². The van der Waals surface area contributed by atoms with Crippen LogP contribution >= 0.6 is 0 Å². The maximum Gasteiger partial charge on any atom is 0.161 e. The van der Waals surface area contributed by atoms with Gasteiger partial charge < -0.3 is 0 Å². The van der Waals surface area contributed by atoms with Gasteiger partial charge in [-0.3, -0.25) is 4.98 Å². The Morgan fingerprint density at radius 2 is 1.04 bits per heavy atom. The molecule has 0 saturated carbocycles. The molecular weight excluding hydrogens is 619 g/mol. The SMILES string of the molecule is CC1(C)c2c(cccc2-c2ccc(-c3nc(-c4ccccc4)cc(-c4ccc5ccncc5c4)n3)c3ccccc23)-c2ccc3ccccc3c21. The second-order valence-corrected chi connectivity index (χ2v) is 14.0. The monoisotopic (exact) mass is 651 g/mol. The maximum absolute atomic E-state index is 5.26. The van der Waals surface area contributed by atoms with Crippen molar-refractivity contribution in [2.45, 2.75) is 19.3 Å². The van der Waals surface area contributed by atoms with Gasteiger partial charge in [-0.1, -0.05) is 141 Å². The first kappa shape index (κ1) is 29.5. The van der Waals surface area contributed by atoms with Crippen LogP contribution in [0.4, 0.5) is 0 Å². The van der Waals surface area contributed by atoms with Gasteiger partial charge in [0.15, 0.2) is 5.82 Å². The summed E-state index contributed by atoms with van der Waals surface area (Å²) >= 11 is 0. The van der Waals surface area contributed by atoms with Crippen LogP contribution in [0.15, 0.2) is 164 Å². The number of nitrogens with zero attached hydrogens (tertiary/aromatic N) is 3. The normalized spacial score (nSPS) is 13.1. The molecule has 3 heteroatoms. The smallest absolute Gasteiger partial charge is 0.161 e. The quantitative estimate of drug-likeness (QED) is 0.190. The first-order valence-electron chi connectivity index (χ1n) is 17.5. The Bertz CT molecular complexity index is 2830. The molecule has 1 aliphatic carbocycles. The van der Waals surface area contributed by atoms with E-state index in [0.717, 1.165) is 44.2 Å². The molecule has 0 radical (unpaired) electrons. The molecule has 10 rings (SSSR count). The zero-order valence-electron chi connectivity index (χ0n) is 28.4. The van der Waals surface area contributed by atoms with Crippen molar-refractivity contribution in [1.29, 1.82) is 0 Å². The first-order chi connectivity index (χ1) is 25.0. The molecule has 9 aromatic rings. The predicted molar refractivity (Wildman–Crippen MR) is 212 cm³/mol. The standard InChI is InChI=1S/C48H33N3/c1-48(2)45-35-14-7-6-11-31(35)21-22-41(45)40-18-10-17-39(46(40)48)38-23-24-42(37-16-9-8-15-36(37)38)47-50-43(32-12-4-3-5-13-32)28-44(51-47)33-20-19-30-25-26-49-29-34(30)27-33/h3-29H,1-2H3. The summed E-state index contributed by atoms with van der Waals surface area (Å²) in [7, 11) is 0. The predicted octanol–water partition coefficient (Wildman–Crippen LogP) is 12.3. The van der Waals surface area contributed by atoms with Crippen LogP contribution in [0.1, 0.15) is 25.0 Å². The van der Waals surface area contributed by atoms with Crippen molar-refractivity contribution in [3.8, 4) is 56.2 Å². The van der Waals surface area contributed by atoms with Gasteiger partial charge in [-0.15, -0.1) is 0 Å². The minimum Gasteiger partial charge on any atom is -0.264 e. The highest BCUT2D eigenvalue weighted by atomic mass is 14.9. The molecule has 0 aliphatic heterocycles. The molecule has 0 saturated heterocycles. The van der Waals surface area contributed by atoms with E-state index < -0.39 is 0 Å². The highest BCUT2D eigenvalue weighted by Gasteiger charge is 2.39. The topological polar surface area (TPSA) is 38.7 Å². The molecule has 51 heavy (non-hydrogen) atoms. The van der Waals surface area contributed by atoms with E-state index in [1.54, 1.807) is 0 Å². The second-order valence-electron chi connectivity index (χ2n) is 14.0. The average Bonchev–Trinajstić information content (AvgIpc) is 3.44. The van der Waals surface area contributed by atoms with E-state index in [4.69, 9.17) is 9.97 Å². The minimum absolute atomic E-state index is 0.181. The van der Waals surface area contributed by atoms with Crippen LogP contribution in [0.3, 0.4) is 0 Å². The average molecular weight is 652 g/mol. The van der Waals surface area contributed by atoms with E-state index in [-0.39, 0.29) is 5.41 Å². The molecule has 0 spiro atoms. The number of hydrogen-bond acceptors (Lipinski definition) is 3. The first-order valence-corrected chi connectivity index (χ1v) is 17.5. The number of hydrogen-bond donors (Lipinski definition) is 0. The van der Waals surface area contributed by atoms with Crippen molar-refractivity contribution in [3.05, 3.63) is 175 Å². The number of fused-ring (bicyclic) bond motifs is 7. The third kappa shape index (κ3) is 4.62. The molecule has 0 bridgehead atoms. The molecule has 0 amide bonds. The third-order valence-corrected chi connectivity index (χ3v) is 10.7. The molecule has 2 heterocycles. The van der Waals surface area contributed by atoms with Gasteiger partial charge >= 0.3 is 0 Å². The molecule has 0 unspecified atom stereocenters. The lowest BCUT2D eigenvalue weighted by Crippen LogP contribution is -2.17. The van der Waals surface area contributed by atoms with Crippen molar-refractivity contribution >= 4 is 32.3 Å².